The third kappa shape index (κ3) is 84.9. The maximum Gasteiger partial charge on any atom is 1.00 e. The summed E-state index contributed by atoms with van der Waals surface area (Å²) in [6.07, 6.45) is 0.450. The Balaban J connectivity index is -0.0000000909. The van der Waals surface area contributed by atoms with Crippen LogP contribution in [-0.4, -0.2) is 52.5 Å². The molecule has 0 aliphatic carbocycles. The number of hydrogen-bond acceptors (Lipinski definition) is 6. The first-order valence-corrected chi connectivity index (χ1v) is 8.04. The van der Waals surface area contributed by atoms with Crippen LogP contribution in [0.25, 0.3) is 0 Å². The number of hydrogen-bond donors (Lipinski definition) is 0. The second-order valence-electron chi connectivity index (χ2n) is 3.08. The van der Waals surface area contributed by atoms with E-state index in [0.29, 0.717) is 0 Å². The molecule has 0 aliphatic rings. The van der Waals surface area contributed by atoms with Gasteiger partial charge in [-0.15, -0.1) is 0 Å². The van der Waals surface area contributed by atoms with E-state index >= 15 is 0 Å². The summed E-state index contributed by atoms with van der Waals surface area (Å²) in [6, 6.07) is 0. The molecule has 0 radical (unpaired) electrons. The van der Waals surface area contributed by atoms with E-state index in [1.54, 1.807) is 0 Å². The minimum Gasteiger partial charge on any atom is -0.748 e. The second kappa shape index (κ2) is 19.1. The van der Waals surface area contributed by atoms with Gasteiger partial charge in [-0.3, -0.25) is 25.9 Å². The minimum absolute atomic E-state index is 0. The molecule has 0 fully saturated rings. The van der Waals surface area contributed by atoms with Gasteiger partial charge in [0.25, 0.3) is 0 Å². The molecule has 0 amide bonds. The van der Waals surface area contributed by atoms with E-state index in [2.05, 4.69) is 0 Å². The summed E-state index contributed by atoms with van der Waals surface area (Å²) < 4.78 is 118. The van der Waals surface area contributed by atoms with E-state index in [-0.39, 0.29) is 57.0 Å². The minimum atomic E-state index is -4.22. The molecule has 23 heavy (non-hydrogen) atoms. The molecule has 0 aromatic rings. The molecule has 0 N–H and O–H groups in total. The van der Waals surface area contributed by atoms with Crippen LogP contribution in [0.5, 0.6) is 0 Å². The first kappa shape index (κ1) is 34.9. The van der Waals surface area contributed by atoms with Gasteiger partial charge in [0, 0.05) is 11.5 Å². The zero-order chi connectivity index (χ0) is 17.7. The summed E-state index contributed by atoms with van der Waals surface area (Å²) in [5.41, 5.74) is 0. The molecule has 0 aromatic carbocycles. The normalized spacial score (nSPS) is 9.74. The summed E-state index contributed by atoms with van der Waals surface area (Å²) in [6.45, 7) is 0. The van der Waals surface area contributed by atoms with Crippen molar-refractivity contribution in [1.29, 1.82) is 0 Å². The van der Waals surface area contributed by atoms with Crippen LogP contribution in [0.15, 0.2) is 0 Å². The molecular weight excluding hydrogens is 370 g/mol. The molecular formula is C5H10B2F6Li2O6S2. The van der Waals surface area contributed by atoms with Gasteiger partial charge in [-0.25, -0.2) is 16.8 Å². The van der Waals surface area contributed by atoms with Crippen LogP contribution >= 0.6 is 0 Å². The van der Waals surface area contributed by atoms with Gasteiger partial charge < -0.3 is 9.11 Å². The molecule has 0 aromatic heterocycles. The van der Waals surface area contributed by atoms with E-state index in [0.717, 1.165) is 0 Å². The van der Waals surface area contributed by atoms with E-state index in [1.165, 1.54) is 0 Å². The van der Waals surface area contributed by atoms with Crippen LogP contribution < -0.4 is 37.7 Å². The molecule has 18 heteroatoms. The average molecular weight is 380 g/mol. The van der Waals surface area contributed by atoms with Crippen LogP contribution in [0.3, 0.4) is 0 Å². The predicted molar refractivity (Wildman–Crippen MR) is 61.1 cm³/mol. The largest absolute Gasteiger partial charge is 1.00 e. The van der Waals surface area contributed by atoms with Gasteiger partial charge >= 0.3 is 52.8 Å². The van der Waals surface area contributed by atoms with Gasteiger partial charge in [0.05, 0.1) is 20.2 Å². The molecule has 0 heterocycles. The zero-order valence-corrected chi connectivity index (χ0v) is 13.9. The first-order valence-electron chi connectivity index (χ1n) is 4.89. The SMILES string of the molecule is FB(F)F.FB(F)F.O=S(=O)([O-])CCCCCS(=O)(=O)[O-].[Li+].[Li+]. The van der Waals surface area contributed by atoms with Crippen molar-refractivity contribution in [3.63, 3.8) is 0 Å². The van der Waals surface area contributed by atoms with Gasteiger partial charge in [0.2, 0.25) is 0 Å². The third-order valence-corrected chi connectivity index (χ3v) is 2.87. The summed E-state index contributed by atoms with van der Waals surface area (Å²) in [7, 11) is -15.8. The molecule has 0 saturated carbocycles. The standard InChI is InChI=1S/C5H12O6S2.2BF3.2Li/c6-12(7,8)4-2-1-3-5-13(9,10)11;2*2-1(3)4;;/h1-5H2,(H,6,7,8)(H,9,10,11);;;;/q;;;2*+1/p-2. The van der Waals surface area contributed by atoms with Crippen LogP contribution in [0.1, 0.15) is 19.3 Å². The smallest absolute Gasteiger partial charge is 0.748 e. The van der Waals surface area contributed by atoms with Crippen molar-refractivity contribution in [3.8, 4) is 0 Å². The number of unbranched alkanes of at least 4 members (excludes halogenated alkanes) is 2. The van der Waals surface area contributed by atoms with Crippen molar-refractivity contribution in [2.75, 3.05) is 11.5 Å². The maximum atomic E-state index is 10.1. The fraction of sp³-hybridized carbons (Fsp3) is 1.00. The molecule has 0 aliphatic heterocycles. The Morgan fingerprint density at radius 1 is 0.609 bits per heavy atom. The maximum absolute atomic E-state index is 10.1. The van der Waals surface area contributed by atoms with E-state index in [9.17, 15) is 51.8 Å². The molecule has 0 rings (SSSR count). The predicted octanol–water partition coefficient (Wildman–Crippen LogP) is -4.99. The molecule has 128 valence electrons. The number of rotatable bonds is 6. The Morgan fingerprint density at radius 3 is 0.913 bits per heavy atom. The second-order valence-corrected chi connectivity index (χ2v) is 6.13. The van der Waals surface area contributed by atoms with Crippen molar-refractivity contribution in [2.45, 2.75) is 19.3 Å². The third-order valence-electron chi connectivity index (χ3n) is 1.29. The molecule has 0 atom stereocenters. The summed E-state index contributed by atoms with van der Waals surface area (Å²) in [5, 5.41) is 0. The van der Waals surface area contributed by atoms with Crippen molar-refractivity contribution < 1.29 is 89.6 Å². The Bertz CT molecular complexity index is 393. The summed E-state index contributed by atoms with van der Waals surface area (Å²) in [4.78, 5) is 0. The van der Waals surface area contributed by atoms with E-state index in [1.807, 2.05) is 0 Å². The number of halogens is 6. The van der Waals surface area contributed by atoms with Crippen LogP contribution in [0.2, 0.25) is 0 Å². The van der Waals surface area contributed by atoms with Gasteiger partial charge in [-0.2, -0.15) is 0 Å². The van der Waals surface area contributed by atoms with Crippen molar-refractivity contribution in [2.24, 2.45) is 0 Å². The first-order chi connectivity index (χ1) is 9.17. The summed E-state index contributed by atoms with van der Waals surface area (Å²) >= 11 is 0. The molecule has 6 nitrogen and oxygen atoms in total. The summed E-state index contributed by atoms with van der Waals surface area (Å²) in [5.74, 6) is -1.02. The Kier molecular flexibility index (Phi) is 28.9. The van der Waals surface area contributed by atoms with Crippen molar-refractivity contribution >= 4 is 35.3 Å². The molecule has 0 saturated heterocycles. The molecule has 0 unspecified atom stereocenters. The fourth-order valence-corrected chi connectivity index (χ4v) is 1.85. The van der Waals surface area contributed by atoms with E-state index < -0.39 is 46.8 Å². The topological polar surface area (TPSA) is 114 Å². The Hall–Kier alpha value is 0.725. The molecule has 0 spiro atoms. The van der Waals surface area contributed by atoms with Gasteiger partial charge in [0.1, 0.15) is 0 Å². The zero-order valence-electron chi connectivity index (χ0n) is 12.2. The van der Waals surface area contributed by atoms with Crippen molar-refractivity contribution in [3.05, 3.63) is 0 Å². The Morgan fingerprint density at radius 2 is 0.783 bits per heavy atom. The Labute approximate surface area is 155 Å². The monoisotopic (exact) mass is 380 g/mol. The fourth-order valence-electron chi connectivity index (χ4n) is 0.734. The van der Waals surface area contributed by atoms with Gasteiger partial charge in [-0.1, -0.05) is 6.42 Å². The molecule has 0 bridgehead atoms. The van der Waals surface area contributed by atoms with Gasteiger partial charge in [-0.05, 0) is 12.8 Å². The van der Waals surface area contributed by atoms with Crippen molar-refractivity contribution in [1.82, 2.24) is 0 Å². The van der Waals surface area contributed by atoms with Crippen LogP contribution in [0.4, 0.5) is 25.9 Å². The average Bonchev–Trinajstić information content (AvgIpc) is 2.10. The van der Waals surface area contributed by atoms with Crippen LogP contribution in [0, 0.1) is 0 Å². The van der Waals surface area contributed by atoms with Crippen LogP contribution in [-0.2, 0) is 20.2 Å². The van der Waals surface area contributed by atoms with E-state index in [4.69, 9.17) is 0 Å². The quantitative estimate of drug-likeness (QED) is 0.198. The van der Waals surface area contributed by atoms with Gasteiger partial charge in [0.15, 0.2) is 0 Å².